The number of hydrogen-bond acceptors (Lipinski definition) is 4. The van der Waals surface area contributed by atoms with Crippen molar-refractivity contribution in [3.05, 3.63) is 16.4 Å². The maximum Gasteiger partial charge on any atom is 0.149 e. The summed E-state index contributed by atoms with van der Waals surface area (Å²) >= 11 is 3.35. The maximum atomic E-state index is 11.2. The van der Waals surface area contributed by atoms with Crippen molar-refractivity contribution in [2.24, 2.45) is 7.05 Å². The molecule has 5 nitrogen and oxygen atoms in total. The lowest BCUT2D eigenvalue weighted by Gasteiger charge is -2.16. The zero-order valence-electron chi connectivity index (χ0n) is 8.86. The van der Waals surface area contributed by atoms with Gasteiger partial charge in [-0.15, -0.1) is 0 Å². The number of hydrogen-bond donors (Lipinski definition) is 1. The van der Waals surface area contributed by atoms with Crippen molar-refractivity contribution in [1.82, 2.24) is 15.1 Å². The van der Waals surface area contributed by atoms with Gasteiger partial charge in [-0.05, 0) is 23.0 Å². The summed E-state index contributed by atoms with van der Waals surface area (Å²) < 4.78 is 24.9. The van der Waals surface area contributed by atoms with Gasteiger partial charge in [-0.2, -0.15) is 5.10 Å². The first-order valence-corrected chi connectivity index (χ1v) is 7.23. The number of aryl methyl sites for hydroxylation is 1. The topological polar surface area (TPSA) is 64.0 Å². The minimum absolute atomic E-state index is 0.0572. The first-order valence-electron chi connectivity index (χ1n) is 4.37. The van der Waals surface area contributed by atoms with Crippen LogP contribution in [0.2, 0.25) is 0 Å². The van der Waals surface area contributed by atoms with Crippen LogP contribution in [0.1, 0.15) is 11.7 Å². The van der Waals surface area contributed by atoms with Crippen LogP contribution in [0.25, 0.3) is 0 Å². The van der Waals surface area contributed by atoms with Crippen LogP contribution in [0.5, 0.6) is 0 Å². The quantitative estimate of drug-likeness (QED) is 0.878. The molecule has 86 valence electrons. The Bertz CT molecular complexity index is 421. The summed E-state index contributed by atoms with van der Waals surface area (Å²) in [4.78, 5) is 0. The molecule has 0 bridgehead atoms. The second kappa shape index (κ2) is 4.63. The SMILES string of the molecule is CNC(CS(C)(=O)=O)c1c(Br)cnn1C. The van der Waals surface area contributed by atoms with Gasteiger partial charge in [0, 0.05) is 13.3 Å². The highest BCUT2D eigenvalue weighted by atomic mass is 79.9. The molecule has 7 heteroatoms. The molecule has 0 saturated carbocycles. The summed E-state index contributed by atoms with van der Waals surface area (Å²) in [5, 5.41) is 7.02. The smallest absolute Gasteiger partial charge is 0.149 e. The Hall–Kier alpha value is -0.400. The van der Waals surface area contributed by atoms with Crippen LogP contribution < -0.4 is 5.32 Å². The van der Waals surface area contributed by atoms with Crippen LogP contribution in [0.4, 0.5) is 0 Å². The van der Waals surface area contributed by atoms with Gasteiger partial charge in [0.05, 0.1) is 28.2 Å². The van der Waals surface area contributed by atoms with Crippen molar-refractivity contribution < 1.29 is 8.42 Å². The third-order valence-corrected chi connectivity index (χ3v) is 3.64. The summed E-state index contributed by atoms with van der Waals surface area (Å²) in [5.41, 5.74) is 0.836. The number of aromatic nitrogens is 2. The molecule has 0 aliphatic rings. The van der Waals surface area contributed by atoms with Crippen LogP contribution >= 0.6 is 15.9 Å². The standard InChI is InChI=1S/C8H14BrN3O2S/c1-10-7(5-15(3,13)14)8-6(9)4-11-12(8)2/h4,7,10H,5H2,1-3H3. The lowest BCUT2D eigenvalue weighted by molar-refractivity contribution is 0.553. The second-order valence-corrected chi connectivity index (χ2v) is 6.47. The zero-order chi connectivity index (χ0) is 11.6. The summed E-state index contributed by atoms with van der Waals surface area (Å²) in [6, 6.07) is -0.248. The molecule has 0 aliphatic carbocycles. The summed E-state index contributed by atoms with van der Waals surface area (Å²) in [7, 11) is 0.496. The van der Waals surface area contributed by atoms with Crippen molar-refractivity contribution >= 4 is 25.8 Å². The molecule has 0 radical (unpaired) electrons. The van der Waals surface area contributed by atoms with Crippen molar-refractivity contribution in [2.75, 3.05) is 19.1 Å². The minimum atomic E-state index is -3.02. The van der Waals surface area contributed by atoms with Gasteiger partial charge in [0.2, 0.25) is 0 Å². The van der Waals surface area contributed by atoms with E-state index in [2.05, 4.69) is 26.3 Å². The molecule has 1 aromatic heterocycles. The Morgan fingerprint density at radius 2 is 2.27 bits per heavy atom. The van der Waals surface area contributed by atoms with E-state index in [1.807, 2.05) is 0 Å². The number of nitrogens with one attached hydrogen (secondary N) is 1. The van der Waals surface area contributed by atoms with E-state index < -0.39 is 9.84 Å². The molecule has 15 heavy (non-hydrogen) atoms. The molecule has 1 N–H and O–H groups in total. The van der Waals surface area contributed by atoms with Crippen molar-refractivity contribution in [2.45, 2.75) is 6.04 Å². The molecule has 0 spiro atoms. The third-order valence-electron chi connectivity index (χ3n) is 2.09. The molecular formula is C8H14BrN3O2S. The molecule has 1 aromatic rings. The Morgan fingerprint density at radius 1 is 1.67 bits per heavy atom. The number of sulfone groups is 1. The Kier molecular flexibility index (Phi) is 3.91. The van der Waals surface area contributed by atoms with Crippen LogP contribution in [-0.4, -0.2) is 37.3 Å². The third kappa shape index (κ3) is 3.29. The van der Waals surface area contributed by atoms with E-state index >= 15 is 0 Å². The fourth-order valence-electron chi connectivity index (χ4n) is 1.41. The molecule has 0 aliphatic heterocycles. The van der Waals surface area contributed by atoms with E-state index in [9.17, 15) is 8.42 Å². The van der Waals surface area contributed by atoms with Crippen molar-refractivity contribution in [3.63, 3.8) is 0 Å². The minimum Gasteiger partial charge on any atom is -0.311 e. The zero-order valence-corrected chi connectivity index (χ0v) is 11.3. The molecular weight excluding hydrogens is 282 g/mol. The average Bonchev–Trinajstić information content (AvgIpc) is 2.41. The molecule has 1 rings (SSSR count). The van der Waals surface area contributed by atoms with E-state index in [1.165, 1.54) is 6.26 Å². The first kappa shape index (κ1) is 12.7. The Labute approximate surface area is 97.9 Å². The van der Waals surface area contributed by atoms with Gasteiger partial charge in [-0.25, -0.2) is 8.42 Å². The Balaban J connectivity index is 3.03. The van der Waals surface area contributed by atoms with Gasteiger partial charge in [-0.1, -0.05) is 0 Å². The van der Waals surface area contributed by atoms with Gasteiger partial charge < -0.3 is 5.32 Å². The molecule has 1 atom stereocenters. The predicted molar refractivity (Wildman–Crippen MR) is 62.4 cm³/mol. The van der Waals surface area contributed by atoms with E-state index in [-0.39, 0.29) is 11.8 Å². The fraction of sp³-hybridized carbons (Fsp3) is 0.625. The highest BCUT2D eigenvalue weighted by Gasteiger charge is 2.21. The maximum absolute atomic E-state index is 11.2. The number of halogens is 1. The van der Waals surface area contributed by atoms with Crippen LogP contribution in [0.3, 0.4) is 0 Å². The van der Waals surface area contributed by atoms with E-state index in [0.29, 0.717) is 0 Å². The van der Waals surface area contributed by atoms with E-state index in [4.69, 9.17) is 0 Å². The lowest BCUT2D eigenvalue weighted by Crippen LogP contribution is -2.27. The molecule has 0 amide bonds. The van der Waals surface area contributed by atoms with E-state index in [1.54, 1.807) is 25.0 Å². The summed E-state index contributed by atoms with van der Waals surface area (Å²) in [6.45, 7) is 0. The normalized spacial score (nSPS) is 14.1. The summed E-state index contributed by atoms with van der Waals surface area (Å²) in [6.07, 6.45) is 2.88. The second-order valence-electron chi connectivity index (χ2n) is 3.44. The highest BCUT2D eigenvalue weighted by molar-refractivity contribution is 9.10. The average molecular weight is 296 g/mol. The fourth-order valence-corrected chi connectivity index (χ4v) is 2.97. The van der Waals surface area contributed by atoms with Crippen LogP contribution in [-0.2, 0) is 16.9 Å². The van der Waals surface area contributed by atoms with Gasteiger partial charge in [0.15, 0.2) is 0 Å². The van der Waals surface area contributed by atoms with Crippen LogP contribution in [0.15, 0.2) is 10.7 Å². The van der Waals surface area contributed by atoms with Gasteiger partial charge in [0.25, 0.3) is 0 Å². The molecule has 0 aromatic carbocycles. The predicted octanol–water partition coefficient (Wildman–Crippen LogP) is 0.488. The number of rotatable bonds is 4. The van der Waals surface area contributed by atoms with Gasteiger partial charge >= 0.3 is 0 Å². The largest absolute Gasteiger partial charge is 0.311 e. The highest BCUT2D eigenvalue weighted by Crippen LogP contribution is 2.23. The van der Waals surface area contributed by atoms with Gasteiger partial charge in [-0.3, -0.25) is 4.68 Å². The number of nitrogens with zero attached hydrogens (tertiary/aromatic N) is 2. The monoisotopic (exact) mass is 295 g/mol. The first-order chi connectivity index (χ1) is 6.85. The molecule has 1 unspecified atom stereocenters. The van der Waals surface area contributed by atoms with Gasteiger partial charge in [0.1, 0.15) is 9.84 Å². The van der Waals surface area contributed by atoms with Crippen molar-refractivity contribution in [1.29, 1.82) is 0 Å². The summed E-state index contributed by atoms with van der Waals surface area (Å²) in [5.74, 6) is 0.0572. The molecule has 1 heterocycles. The molecule has 0 fully saturated rings. The molecule has 0 saturated heterocycles. The Morgan fingerprint density at radius 3 is 2.60 bits per heavy atom. The lowest BCUT2D eigenvalue weighted by atomic mass is 10.2. The van der Waals surface area contributed by atoms with Crippen LogP contribution in [0, 0.1) is 0 Å². The van der Waals surface area contributed by atoms with E-state index in [0.717, 1.165) is 10.2 Å². The van der Waals surface area contributed by atoms with Crippen molar-refractivity contribution in [3.8, 4) is 0 Å².